The van der Waals surface area contributed by atoms with Gasteiger partial charge in [0.1, 0.15) is 0 Å². The van der Waals surface area contributed by atoms with Crippen LogP contribution in [0, 0.1) is 0 Å². The molecule has 3 heteroatoms. The molecule has 96 valence electrons. The zero-order valence-electron chi connectivity index (χ0n) is 11.2. The molecule has 2 rings (SSSR count). The number of fused-ring (bicyclic) bond motifs is 1. The van der Waals surface area contributed by atoms with E-state index in [2.05, 4.69) is 48.4 Å². The third kappa shape index (κ3) is 2.52. The summed E-state index contributed by atoms with van der Waals surface area (Å²) in [5.74, 6) is 0. The topological polar surface area (TPSA) is 34.2 Å². The number of rotatable bonds is 5. The Hall–Kier alpha value is -1.45. The zero-order valence-corrected chi connectivity index (χ0v) is 11.2. The van der Waals surface area contributed by atoms with E-state index in [1.807, 2.05) is 12.4 Å². The highest BCUT2D eigenvalue weighted by Crippen LogP contribution is 2.26. The minimum absolute atomic E-state index is 0.128. The molecule has 0 amide bonds. The van der Waals surface area contributed by atoms with E-state index in [4.69, 9.17) is 4.74 Å². The van der Waals surface area contributed by atoms with Crippen LogP contribution in [0.1, 0.15) is 25.5 Å². The molecule has 3 nitrogen and oxygen atoms in total. The molecular weight excluding hydrogens is 224 g/mol. The Labute approximate surface area is 108 Å². The van der Waals surface area contributed by atoms with Gasteiger partial charge < -0.3 is 10.1 Å². The van der Waals surface area contributed by atoms with Gasteiger partial charge in [-0.25, -0.2) is 0 Å². The fourth-order valence-electron chi connectivity index (χ4n) is 2.30. The molecule has 2 atom stereocenters. The quantitative estimate of drug-likeness (QED) is 0.878. The summed E-state index contributed by atoms with van der Waals surface area (Å²) in [6.07, 6.45) is 3.87. The van der Waals surface area contributed by atoms with E-state index in [1.165, 1.54) is 16.3 Å². The van der Waals surface area contributed by atoms with Crippen LogP contribution in [0.15, 0.2) is 36.7 Å². The molecule has 0 aliphatic heterocycles. The normalized spacial score (nSPS) is 14.6. The van der Waals surface area contributed by atoms with Crippen molar-refractivity contribution in [3.8, 4) is 0 Å². The van der Waals surface area contributed by atoms with E-state index in [0.717, 1.165) is 6.54 Å². The summed E-state index contributed by atoms with van der Waals surface area (Å²) >= 11 is 0. The van der Waals surface area contributed by atoms with E-state index in [1.54, 1.807) is 7.11 Å². The minimum Gasteiger partial charge on any atom is -0.380 e. The van der Waals surface area contributed by atoms with Gasteiger partial charge >= 0.3 is 0 Å². The van der Waals surface area contributed by atoms with Gasteiger partial charge in [0.05, 0.1) is 12.1 Å². The molecule has 0 saturated heterocycles. The first-order valence-electron chi connectivity index (χ1n) is 6.36. The third-order valence-electron chi connectivity index (χ3n) is 3.31. The molecular formula is C15H20N2O. The van der Waals surface area contributed by atoms with Crippen molar-refractivity contribution in [1.29, 1.82) is 0 Å². The highest BCUT2D eigenvalue weighted by molar-refractivity contribution is 5.85. The molecule has 2 aromatic rings. The van der Waals surface area contributed by atoms with E-state index in [9.17, 15) is 0 Å². The lowest BCUT2D eigenvalue weighted by molar-refractivity contribution is 0.0840. The maximum Gasteiger partial charge on any atom is 0.0738 e. The Morgan fingerprint density at radius 1 is 1.33 bits per heavy atom. The summed E-state index contributed by atoms with van der Waals surface area (Å²) < 4.78 is 5.49. The first-order valence-corrected chi connectivity index (χ1v) is 6.36. The summed E-state index contributed by atoms with van der Waals surface area (Å²) in [7, 11) is 1.75. The third-order valence-corrected chi connectivity index (χ3v) is 3.31. The van der Waals surface area contributed by atoms with E-state index in [-0.39, 0.29) is 12.1 Å². The molecule has 1 aromatic heterocycles. The largest absolute Gasteiger partial charge is 0.380 e. The summed E-state index contributed by atoms with van der Waals surface area (Å²) in [5, 5.41) is 5.90. The van der Waals surface area contributed by atoms with Crippen LogP contribution in [0.2, 0.25) is 0 Å². The average Bonchev–Trinajstić information content (AvgIpc) is 2.43. The lowest BCUT2D eigenvalue weighted by atomic mass is 9.96. The monoisotopic (exact) mass is 244 g/mol. The number of pyridine rings is 1. The summed E-state index contributed by atoms with van der Waals surface area (Å²) in [6.45, 7) is 5.12. The molecule has 0 fully saturated rings. The smallest absolute Gasteiger partial charge is 0.0738 e. The Bertz CT molecular complexity index is 507. The first-order chi connectivity index (χ1) is 8.77. The molecule has 1 aromatic carbocycles. The summed E-state index contributed by atoms with van der Waals surface area (Å²) in [5.41, 5.74) is 1.27. The van der Waals surface area contributed by atoms with Gasteiger partial charge in [-0.2, -0.15) is 0 Å². The molecule has 1 heterocycles. The molecule has 0 aliphatic carbocycles. The molecule has 0 spiro atoms. The molecule has 0 bridgehead atoms. The summed E-state index contributed by atoms with van der Waals surface area (Å²) in [6, 6.07) is 8.59. The van der Waals surface area contributed by atoms with Gasteiger partial charge in [0.15, 0.2) is 0 Å². The second-order valence-electron chi connectivity index (χ2n) is 4.42. The summed E-state index contributed by atoms with van der Waals surface area (Å²) in [4.78, 5) is 4.17. The number of methoxy groups -OCH3 is 1. The Morgan fingerprint density at radius 3 is 2.89 bits per heavy atom. The predicted octanol–water partition coefficient (Wildman–Crippen LogP) is 2.92. The van der Waals surface area contributed by atoms with Crippen molar-refractivity contribution in [2.24, 2.45) is 0 Å². The highest BCUT2D eigenvalue weighted by Gasteiger charge is 2.19. The van der Waals surface area contributed by atoms with Gasteiger partial charge in [-0.15, -0.1) is 0 Å². The molecule has 0 aliphatic rings. The van der Waals surface area contributed by atoms with E-state index < -0.39 is 0 Å². The Balaban J connectivity index is 2.49. The van der Waals surface area contributed by atoms with Gasteiger partial charge in [-0.1, -0.05) is 25.1 Å². The van der Waals surface area contributed by atoms with Crippen LogP contribution < -0.4 is 5.32 Å². The molecule has 18 heavy (non-hydrogen) atoms. The van der Waals surface area contributed by atoms with Crippen molar-refractivity contribution < 1.29 is 4.74 Å². The molecule has 2 unspecified atom stereocenters. The van der Waals surface area contributed by atoms with Crippen LogP contribution in [0.5, 0.6) is 0 Å². The fourth-order valence-corrected chi connectivity index (χ4v) is 2.30. The highest BCUT2D eigenvalue weighted by atomic mass is 16.5. The van der Waals surface area contributed by atoms with Crippen molar-refractivity contribution in [3.05, 3.63) is 42.2 Å². The van der Waals surface area contributed by atoms with Crippen molar-refractivity contribution >= 4 is 10.8 Å². The van der Waals surface area contributed by atoms with Gasteiger partial charge in [-0.3, -0.25) is 4.98 Å². The fraction of sp³-hybridized carbons (Fsp3) is 0.400. The minimum atomic E-state index is 0.128. The molecule has 0 saturated carbocycles. The zero-order chi connectivity index (χ0) is 13.0. The second kappa shape index (κ2) is 5.94. The lowest BCUT2D eigenvalue weighted by Crippen LogP contribution is -2.31. The maximum atomic E-state index is 5.49. The van der Waals surface area contributed by atoms with Crippen LogP contribution in [-0.2, 0) is 4.74 Å². The molecule has 0 radical (unpaired) electrons. The van der Waals surface area contributed by atoms with Gasteiger partial charge in [-0.05, 0) is 30.5 Å². The van der Waals surface area contributed by atoms with Crippen molar-refractivity contribution in [2.45, 2.75) is 26.0 Å². The SMILES string of the molecule is CCNC(c1cccc2cnccc12)C(C)OC. The first kappa shape index (κ1) is 13.0. The second-order valence-corrected chi connectivity index (χ2v) is 4.42. The number of ether oxygens (including phenoxy) is 1. The number of nitrogens with one attached hydrogen (secondary N) is 1. The van der Waals surface area contributed by atoms with Crippen LogP contribution in [0.3, 0.4) is 0 Å². The van der Waals surface area contributed by atoms with Crippen molar-refractivity contribution in [2.75, 3.05) is 13.7 Å². The van der Waals surface area contributed by atoms with E-state index >= 15 is 0 Å². The number of hydrogen-bond donors (Lipinski definition) is 1. The number of aromatic nitrogens is 1. The van der Waals surface area contributed by atoms with Gasteiger partial charge in [0.25, 0.3) is 0 Å². The average molecular weight is 244 g/mol. The maximum absolute atomic E-state index is 5.49. The van der Waals surface area contributed by atoms with Gasteiger partial charge in [0, 0.05) is 24.9 Å². The number of benzene rings is 1. The Kier molecular flexibility index (Phi) is 4.28. The van der Waals surface area contributed by atoms with Gasteiger partial charge in [0.2, 0.25) is 0 Å². The van der Waals surface area contributed by atoms with Crippen LogP contribution >= 0.6 is 0 Å². The number of nitrogens with zero attached hydrogens (tertiary/aromatic N) is 1. The standard InChI is InChI=1S/C15H20N2O/c1-4-17-15(11(2)18-3)14-7-5-6-12-10-16-9-8-13(12)14/h5-11,15,17H,4H2,1-3H3. The van der Waals surface area contributed by atoms with Crippen molar-refractivity contribution in [1.82, 2.24) is 10.3 Å². The lowest BCUT2D eigenvalue weighted by Gasteiger charge is -2.25. The molecule has 1 N–H and O–H groups in total. The Morgan fingerprint density at radius 2 is 2.17 bits per heavy atom. The van der Waals surface area contributed by atoms with E-state index in [0.29, 0.717) is 0 Å². The number of hydrogen-bond acceptors (Lipinski definition) is 3. The number of likely N-dealkylation sites (N-methyl/N-ethyl adjacent to an activating group) is 1. The van der Waals surface area contributed by atoms with Crippen molar-refractivity contribution in [3.63, 3.8) is 0 Å². The van der Waals surface area contributed by atoms with Crippen LogP contribution in [-0.4, -0.2) is 24.7 Å². The predicted molar refractivity (Wildman–Crippen MR) is 74.6 cm³/mol. The van der Waals surface area contributed by atoms with Crippen LogP contribution in [0.25, 0.3) is 10.8 Å². The van der Waals surface area contributed by atoms with Crippen LogP contribution in [0.4, 0.5) is 0 Å².